The molecule has 1 unspecified atom stereocenters. The maximum Gasteiger partial charge on any atom is 0.325 e. The molecule has 100 valence electrons. The molecule has 18 heavy (non-hydrogen) atoms. The summed E-state index contributed by atoms with van der Waals surface area (Å²) < 4.78 is 26.5. The minimum atomic E-state index is -1.25. The fraction of sp³-hybridized carbons (Fsp3) is 0.417. The number of carboxylic acids is 1. The molecule has 0 spiro atoms. The Labute approximate surface area is 104 Å². The van der Waals surface area contributed by atoms with Crippen LogP contribution in [0.4, 0.5) is 8.78 Å². The Morgan fingerprint density at radius 3 is 2.67 bits per heavy atom. The SMILES string of the molecule is CN(C)CCNC(C(=O)O)c1cc(F)ccc1F. The maximum atomic E-state index is 13.5. The van der Waals surface area contributed by atoms with E-state index in [0.717, 1.165) is 18.2 Å². The van der Waals surface area contributed by atoms with Gasteiger partial charge in [0.1, 0.15) is 17.7 Å². The molecule has 1 atom stereocenters. The van der Waals surface area contributed by atoms with Crippen molar-refractivity contribution in [2.24, 2.45) is 0 Å². The van der Waals surface area contributed by atoms with Gasteiger partial charge < -0.3 is 10.0 Å². The molecule has 1 rings (SSSR count). The van der Waals surface area contributed by atoms with Crippen molar-refractivity contribution >= 4 is 5.97 Å². The molecule has 0 aliphatic heterocycles. The highest BCUT2D eigenvalue weighted by Crippen LogP contribution is 2.18. The number of halogens is 2. The first-order chi connectivity index (χ1) is 8.41. The molecule has 0 amide bonds. The number of rotatable bonds is 6. The summed E-state index contributed by atoms with van der Waals surface area (Å²) in [4.78, 5) is 12.9. The zero-order chi connectivity index (χ0) is 13.7. The molecular weight excluding hydrogens is 242 g/mol. The van der Waals surface area contributed by atoms with Crippen LogP contribution in [0.3, 0.4) is 0 Å². The molecule has 0 saturated carbocycles. The summed E-state index contributed by atoms with van der Waals surface area (Å²) in [6.45, 7) is 0.959. The molecule has 0 fully saturated rings. The second kappa shape index (κ2) is 6.42. The van der Waals surface area contributed by atoms with Crippen LogP contribution in [0.1, 0.15) is 11.6 Å². The van der Waals surface area contributed by atoms with Gasteiger partial charge in [-0.05, 0) is 32.3 Å². The molecule has 1 aromatic rings. The molecule has 0 saturated heterocycles. The summed E-state index contributed by atoms with van der Waals surface area (Å²) >= 11 is 0. The van der Waals surface area contributed by atoms with Crippen molar-refractivity contribution in [3.8, 4) is 0 Å². The second-order valence-corrected chi connectivity index (χ2v) is 4.19. The molecule has 6 heteroatoms. The van der Waals surface area contributed by atoms with Gasteiger partial charge in [0, 0.05) is 18.7 Å². The van der Waals surface area contributed by atoms with Crippen molar-refractivity contribution in [3.63, 3.8) is 0 Å². The van der Waals surface area contributed by atoms with Crippen molar-refractivity contribution in [1.29, 1.82) is 0 Å². The van der Waals surface area contributed by atoms with Gasteiger partial charge in [0.15, 0.2) is 0 Å². The first kappa shape index (κ1) is 14.5. The summed E-state index contributed by atoms with van der Waals surface area (Å²) in [5.74, 6) is -2.63. The normalized spacial score (nSPS) is 12.7. The third-order valence-electron chi connectivity index (χ3n) is 2.42. The summed E-state index contributed by atoms with van der Waals surface area (Å²) in [7, 11) is 3.67. The quantitative estimate of drug-likeness (QED) is 0.806. The minimum Gasteiger partial charge on any atom is -0.480 e. The molecule has 0 aromatic heterocycles. The third-order valence-corrected chi connectivity index (χ3v) is 2.42. The van der Waals surface area contributed by atoms with Crippen LogP contribution in [0.2, 0.25) is 0 Å². The smallest absolute Gasteiger partial charge is 0.325 e. The largest absolute Gasteiger partial charge is 0.480 e. The molecular formula is C12H16F2N2O2. The van der Waals surface area contributed by atoms with E-state index in [9.17, 15) is 13.6 Å². The monoisotopic (exact) mass is 258 g/mol. The van der Waals surface area contributed by atoms with E-state index in [1.54, 1.807) is 0 Å². The lowest BCUT2D eigenvalue weighted by Crippen LogP contribution is -2.34. The number of carboxylic acid groups (broad SMARTS) is 1. The Morgan fingerprint density at radius 2 is 2.11 bits per heavy atom. The van der Waals surface area contributed by atoms with E-state index in [4.69, 9.17) is 5.11 Å². The molecule has 4 nitrogen and oxygen atoms in total. The van der Waals surface area contributed by atoms with Crippen molar-refractivity contribution in [1.82, 2.24) is 10.2 Å². The minimum absolute atomic E-state index is 0.193. The lowest BCUT2D eigenvalue weighted by molar-refractivity contribution is -0.139. The highest BCUT2D eigenvalue weighted by molar-refractivity contribution is 5.75. The van der Waals surface area contributed by atoms with E-state index in [0.29, 0.717) is 13.1 Å². The molecule has 0 heterocycles. The lowest BCUT2D eigenvalue weighted by Gasteiger charge is -2.17. The molecule has 1 aromatic carbocycles. The number of benzene rings is 1. The number of hydrogen-bond acceptors (Lipinski definition) is 3. The Bertz CT molecular complexity index is 425. The van der Waals surface area contributed by atoms with E-state index in [2.05, 4.69) is 5.32 Å². The maximum absolute atomic E-state index is 13.5. The van der Waals surface area contributed by atoms with Gasteiger partial charge in [0.05, 0.1) is 0 Å². The van der Waals surface area contributed by atoms with Gasteiger partial charge in [-0.15, -0.1) is 0 Å². The highest BCUT2D eigenvalue weighted by atomic mass is 19.1. The fourth-order valence-corrected chi connectivity index (χ4v) is 1.50. The lowest BCUT2D eigenvalue weighted by atomic mass is 10.1. The Balaban J connectivity index is 2.84. The number of hydrogen-bond donors (Lipinski definition) is 2. The van der Waals surface area contributed by atoms with Crippen LogP contribution in [-0.2, 0) is 4.79 Å². The van der Waals surface area contributed by atoms with Crippen molar-refractivity contribution < 1.29 is 18.7 Å². The van der Waals surface area contributed by atoms with E-state index in [-0.39, 0.29) is 5.56 Å². The fourth-order valence-electron chi connectivity index (χ4n) is 1.50. The number of nitrogens with one attached hydrogen (secondary N) is 1. The summed E-state index contributed by atoms with van der Waals surface area (Å²) in [6.07, 6.45) is 0. The van der Waals surface area contributed by atoms with Gasteiger partial charge >= 0.3 is 5.97 Å². The van der Waals surface area contributed by atoms with Gasteiger partial charge in [-0.3, -0.25) is 10.1 Å². The van der Waals surface area contributed by atoms with Crippen molar-refractivity contribution in [2.45, 2.75) is 6.04 Å². The zero-order valence-electron chi connectivity index (χ0n) is 10.3. The molecule has 0 bridgehead atoms. The summed E-state index contributed by atoms with van der Waals surface area (Å²) in [6, 6.07) is 1.53. The van der Waals surface area contributed by atoms with Gasteiger partial charge in [-0.1, -0.05) is 0 Å². The average molecular weight is 258 g/mol. The Hall–Kier alpha value is -1.53. The van der Waals surface area contributed by atoms with Crippen molar-refractivity contribution in [2.75, 3.05) is 27.2 Å². The predicted octanol–water partition coefficient (Wildman–Crippen LogP) is 1.24. The van der Waals surface area contributed by atoms with E-state index >= 15 is 0 Å². The predicted molar refractivity (Wildman–Crippen MR) is 63.3 cm³/mol. The summed E-state index contributed by atoms with van der Waals surface area (Å²) in [5, 5.41) is 11.7. The molecule has 0 aliphatic rings. The van der Waals surface area contributed by atoms with Gasteiger partial charge in [-0.2, -0.15) is 0 Å². The van der Waals surface area contributed by atoms with Gasteiger partial charge in [0.2, 0.25) is 0 Å². The Morgan fingerprint density at radius 1 is 1.44 bits per heavy atom. The van der Waals surface area contributed by atoms with E-state index < -0.39 is 23.6 Å². The van der Waals surface area contributed by atoms with Crippen LogP contribution >= 0.6 is 0 Å². The zero-order valence-corrected chi connectivity index (χ0v) is 10.3. The summed E-state index contributed by atoms with van der Waals surface area (Å²) in [5.41, 5.74) is -0.193. The highest BCUT2D eigenvalue weighted by Gasteiger charge is 2.23. The number of nitrogens with zero attached hydrogens (tertiary/aromatic N) is 1. The molecule has 0 aliphatic carbocycles. The van der Waals surface area contributed by atoms with Crippen LogP contribution in [0, 0.1) is 11.6 Å². The van der Waals surface area contributed by atoms with Crippen LogP contribution in [0.25, 0.3) is 0 Å². The standard InChI is InChI=1S/C12H16F2N2O2/c1-16(2)6-5-15-11(12(17)18)9-7-8(13)3-4-10(9)14/h3-4,7,11,15H,5-6H2,1-2H3,(H,17,18). The average Bonchev–Trinajstić information content (AvgIpc) is 2.27. The first-order valence-corrected chi connectivity index (χ1v) is 5.47. The first-order valence-electron chi connectivity index (χ1n) is 5.47. The topological polar surface area (TPSA) is 52.6 Å². The number of likely N-dealkylation sites (N-methyl/N-ethyl adjacent to an activating group) is 1. The van der Waals surface area contributed by atoms with Crippen LogP contribution in [-0.4, -0.2) is 43.2 Å². The number of carbonyl (C=O) groups is 1. The molecule has 2 N–H and O–H groups in total. The second-order valence-electron chi connectivity index (χ2n) is 4.19. The molecule has 0 radical (unpaired) electrons. The third kappa shape index (κ3) is 4.05. The number of aliphatic carboxylic acids is 1. The van der Waals surface area contributed by atoms with Crippen LogP contribution in [0.5, 0.6) is 0 Å². The van der Waals surface area contributed by atoms with Gasteiger partial charge in [0.25, 0.3) is 0 Å². The van der Waals surface area contributed by atoms with Crippen LogP contribution in [0.15, 0.2) is 18.2 Å². The van der Waals surface area contributed by atoms with Crippen molar-refractivity contribution in [3.05, 3.63) is 35.4 Å². The van der Waals surface area contributed by atoms with Crippen LogP contribution < -0.4 is 5.32 Å². The Kier molecular flexibility index (Phi) is 5.18. The van der Waals surface area contributed by atoms with Gasteiger partial charge in [-0.25, -0.2) is 8.78 Å². The van der Waals surface area contributed by atoms with E-state index in [1.807, 2.05) is 19.0 Å². The van der Waals surface area contributed by atoms with E-state index in [1.165, 1.54) is 0 Å².